The quantitative estimate of drug-likeness (QED) is 0.163. The van der Waals surface area contributed by atoms with Crippen molar-refractivity contribution in [3.8, 4) is 74.0 Å². The molecule has 1 aromatic heterocycles. The minimum atomic E-state index is -0.633. The second-order valence-electron chi connectivity index (χ2n) is 14.3. The monoisotopic (exact) mass is 742 g/mol. The molecule has 0 atom stereocenters. The van der Waals surface area contributed by atoms with Gasteiger partial charge in [0.05, 0.1) is 17.0 Å². The zero-order valence-corrected chi connectivity index (χ0v) is 31.3. The Bertz CT molecular complexity index is 2940. The van der Waals surface area contributed by atoms with Crippen LogP contribution in [0.1, 0.15) is 27.8 Å². The van der Waals surface area contributed by atoms with Gasteiger partial charge in [-0.15, -0.1) is 0 Å². The molecule has 0 radical (unpaired) electrons. The first-order valence-corrected chi connectivity index (χ1v) is 19.2. The normalized spacial score (nSPS) is 12.4. The molecule has 9 aromatic rings. The van der Waals surface area contributed by atoms with Gasteiger partial charge in [0.15, 0.2) is 17.5 Å². The Kier molecular flexibility index (Phi) is 8.70. The van der Waals surface area contributed by atoms with Gasteiger partial charge < -0.3 is 4.74 Å². The van der Waals surface area contributed by atoms with Crippen molar-refractivity contribution in [2.24, 2.45) is 0 Å². The molecule has 0 amide bonds. The molecule has 5 heteroatoms. The van der Waals surface area contributed by atoms with Gasteiger partial charge in [0.1, 0.15) is 11.5 Å². The highest BCUT2D eigenvalue weighted by molar-refractivity contribution is 5.84. The van der Waals surface area contributed by atoms with Crippen molar-refractivity contribution >= 4 is 0 Å². The van der Waals surface area contributed by atoms with E-state index in [2.05, 4.69) is 140 Å². The molecular formula is C53H34N4O. The average Bonchev–Trinajstić information content (AvgIpc) is 3.31. The maximum atomic E-state index is 9.51. The molecule has 0 aliphatic carbocycles. The molecule has 0 saturated carbocycles. The van der Waals surface area contributed by atoms with Crippen LogP contribution < -0.4 is 4.74 Å². The lowest BCUT2D eigenvalue weighted by molar-refractivity contribution is 0.436. The molecule has 1 aliphatic rings. The standard InChI is InChI=1S/C53H34N4O/c54-35-36-30-32-38(33-31-36)50-55-51(57-52(56-50)45-25-11-10-24-43(45)37-16-4-1-5-17-37)40-19-14-18-39(34-40)44-26-15-28-47-49(44)58-48-29-13-12-27-46(48)53(47,41-20-6-2-7-21-41)42-22-8-3-9-23-42/h1-34H. The summed E-state index contributed by atoms with van der Waals surface area (Å²) in [6, 6.07) is 72.6. The molecule has 0 spiro atoms. The van der Waals surface area contributed by atoms with Gasteiger partial charge in [-0.2, -0.15) is 5.26 Å². The number of fused-ring (bicyclic) bond motifs is 2. The van der Waals surface area contributed by atoms with Crippen LogP contribution >= 0.6 is 0 Å². The molecule has 2 heterocycles. The summed E-state index contributed by atoms with van der Waals surface area (Å²) in [6.07, 6.45) is 0. The lowest BCUT2D eigenvalue weighted by Gasteiger charge is -2.42. The summed E-state index contributed by atoms with van der Waals surface area (Å²) in [5.41, 5.74) is 10.9. The van der Waals surface area contributed by atoms with Crippen molar-refractivity contribution in [1.82, 2.24) is 15.0 Å². The highest BCUT2D eigenvalue weighted by Crippen LogP contribution is 2.57. The summed E-state index contributed by atoms with van der Waals surface area (Å²) in [4.78, 5) is 15.3. The Morgan fingerprint density at radius 3 is 1.62 bits per heavy atom. The van der Waals surface area contributed by atoms with Gasteiger partial charge in [0.25, 0.3) is 0 Å². The molecule has 0 unspecified atom stereocenters. The Morgan fingerprint density at radius 1 is 0.397 bits per heavy atom. The number of hydrogen-bond donors (Lipinski definition) is 0. The Labute approximate surface area is 337 Å². The van der Waals surface area contributed by atoms with Crippen LogP contribution in [0.25, 0.3) is 56.4 Å². The zero-order chi connectivity index (χ0) is 38.9. The maximum absolute atomic E-state index is 9.51. The van der Waals surface area contributed by atoms with Crippen LogP contribution in [0, 0.1) is 11.3 Å². The van der Waals surface area contributed by atoms with Gasteiger partial charge >= 0.3 is 0 Å². The predicted octanol–water partition coefficient (Wildman–Crippen LogP) is 12.6. The van der Waals surface area contributed by atoms with E-state index in [1.54, 1.807) is 12.1 Å². The predicted molar refractivity (Wildman–Crippen MR) is 230 cm³/mol. The number of ether oxygens (including phenoxy) is 1. The highest BCUT2D eigenvalue weighted by Gasteiger charge is 2.45. The van der Waals surface area contributed by atoms with Crippen molar-refractivity contribution in [3.05, 3.63) is 234 Å². The number of nitrogens with zero attached hydrogens (tertiary/aromatic N) is 4. The van der Waals surface area contributed by atoms with Gasteiger partial charge in [0, 0.05) is 33.4 Å². The van der Waals surface area contributed by atoms with Crippen LogP contribution in [-0.2, 0) is 5.41 Å². The van der Waals surface area contributed by atoms with Crippen LogP contribution in [0.15, 0.2) is 206 Å². The molecule has 5 nitrogen and oxygen atoms in total. The molecule has 58 heavy (non-hydrogen) atoms. The van der Waals surface area contributed by atoms with E-state index in [0.29, 0.717) is 23.0 Å². The smallest absolute Gasteiger partial charge is 0.164 e. The second kappa shape index (κ2) is 14.6. The minimum Gasteiger partial charge on any atom is -0.456 e. The van der Waals surface area contributed by atoms with E-state index in [0.717, 1.165) is 72.7 Å². The summed E-state index contributed by atoms with van der Waals surface area (Å²) >= 11 is 0. The van der Waals surface area contributed by atoms with Gasteiger partial charge in [-0.3, -0.25) is 0 Å². The summed E-state index contributed by atoms with van der Waals surface area (Å²) in [5.74, 6) is 3.23. The van der Waals surface area contributed by atoms with Crippen LogP contribution in [0.4, 0.5) is 0 Å². The largest absolute Gasteiger partial charge is 0.456 e. The minimum absolute atomic E-state index is 0.519. The highest BCUT2D eigenvalue weighted by atomic mass is 16.5. The van der Waals surface area contributed by atoms with Crippen molar-refractivity contribution in [3.63, 3.8) is 0 Å². The van der Waals surface area contributed by atoms with Crippen LogP contribution in [0.5, 0.6) is 11.5 Å². The molecule has 0 fully saturated rings. The Morgan fingerprint density at radius 2 is 0.914 bits per heavy atom. The lowest BCUT2D eigenvalue weighted by Crippen LogP contribution is -2.34. The fourth-order valence-corrected chi connectivity index (χ4v) is 8.28. The van der Waals surface area contributed by atoms with Crippen molar-refractivity contribution in [1.29, 1.82) is 5.26 Å². The first kappa shape index (κ1) is 34.5. The molecule has 8 aromatic carbocycles. The summed E-state index contributed by atoms with van der Waals surface area (Å²) < 4.78 is 6.97. The number of benzene rings is 8. The third-order valence-corrected chi connectivity index (χ3v) is 10.9. The van der Waals surface area contributed by atoms with Crippen LogP contribution in [-0.4, -0.2) is 15.0 Å². The molecule has 0 bridgehead atoms. The third kappa shape index (κ3) is 5.92. The number of nitriles is 1. The third-order valence-electron chi connectivity index (χ3n) is 10.9. The van der Waals surface area contributed by atoms with Crippen LogP contribution in [0.3, 0.4) is 0 Å². The van der Waals surface area contributed by atoms with Gasteiger partial charge in [-0.05, 0) is 64.2 Å². The van der Waals surface area contributed by atoms with Gasteiger partial charge in [0.2, 0.25) is 0 Å². The van der Waals surface area contributed by atoms with Crippen molar-refractivity contribution in [2.75, 3.05) is 0 Å². The van der Waals surface area contributed by atoms with E-state index in [1.807, 2.05) is 60.7 Å². The maximum Gasteiger partial charge on any atom is 0.164 e. The zero-order valence-electron chi connectivity index (χ0n) is 31.3. The fourth-order valence-electron chi connectivity index (χ4n) is 8.28. The summed E-state index contributed by atoms with van der Waals surface area (Å²) in [7, 11) is 0. The number of rotatable bonds is 7. The Hall–Kier alpha value is -7.94. The molecule has 0 saturated heterocycles. The SMILES string of the molecule is N#Cc1ccc(-c2nc(-c3cccc(-c4cccc5c4Oc4ccccc4C5(c4ccccc4)c4ccccc4)c3)nc(-c3ccccc3-c3ccccc3)n2)cc1. The van der Waals surface area contributed by atoms with Gasteiger partial charge in [-0.25, -0.2) is 15.0 Å². The van der Waals surface area contributed by atoms with E-state index in [9.17, 15) is 5.26 Å². The average molecular weight is 743 g/mol. The van der Waals surface area contributed by atoms with E-state index < -0.39 is 5.41 Å². The molecule has 0 N–H and O–H groups in total. The molecule has 1 aliphatic heterocycles. The molecule has 272 valence electrons. The van der Waals surface area contributed by atoms with Gasteiger partial charge in [-0.1, -0.05) is 170 Å². The second-order valence-corrected chi connectivity index (χ2v) is 14.3. The Balaban J connectivity index is 1.16. The summed E-state index contributed by atoms with van der Waals surface area (Å²) in [5, 5.41) is 9.51. The van der Waals surface area contributed by atoms with E-state index in [-0.39, 0.29) is 0 Å². The van der Waals surface area contributed by atoms with E-state index in [4.69, 9.17) is 19.7 Å². The first-order valence-electron chi connectivity index (χ1n) is 19.2. The molecular weight excluding hydrogens is 709 g/mol. The number of para-hydroxylation sites is 2. The molecule has 10 rings (SSSR count). The topological polar surface area (TPSA) is 71.7 Å². The first-order chi connectivity index (χ1) is 28.7. The summed E-state index contributed by atoms with van der Waals surface area (Å²) in [6.45, 7) is 0. The van der Waals surface area contributed by atoms with E-state index >= 15 is 0 Å². The van der Waals surface area contributed by atoms with Crippen molar-refractivity contribution < 1.29 is 4.74 Å². The number of hydrogen-bond acceptors (Lipinski definition) is 5. The van der Waals surface area contributed by atoms with Crippen LogP contribution in [0.2, 0.25) is 0 Å². The van der Waals surface area contributed by atoms with Crippen molar-refractivity contribution in [2.45, 2.75) is 5.41 Å². The lowest BCUT2D eigenvalue weighted by atomic mass is 9.63. The fraction of sp³-hybridized carbons (Fsp3) is 0.0189. The number of aromatic nitrogens is 3. The van der Waals surface area contributed by atoms with E-state index in [1.165, 1.54) is 0 Å².